The van der Waals surface area contributed by atoms with Crippen LogP contribution in [0.25, 0.3) is 11.1 Å². The maximum atomic E-state index is 12.0. The van der Waals surface area contributed by atoms with Gasteiger partial charge in [0, 0.05) is 18.0 Å². The van der Waals surface area contributed by atoms with Crippen LogP contribution < -0.4 is 5.32 Å². The zero-order valence-corrected chi connectivity index (χ0v) is 12.2. The number of carbonyl (C=O) groups excluding carboxylic acids is 1. The standard InChI is InChI=1S/C15H18N2O4/c1-4-13-17-11-7-10(5-6-12(11)21-13)16-14(18)8(2)9(3)15(19)20/h5-9H,4H2,1-3H3,(H,16,18)(H,19,20). The highest BCUT2D eigenvalue weighted by molar-refractivity contribution is 5.96. The van der Waals surface area contributed by atoms with Crippen LogP contribution >= 0.6 is 0 Å². The molecule has 0 bridgehead atoms. The first-order chi connectivity index (χ1) is 9.92. The third kappa shape index (κ3) is 3.21. The number of carbonyl (C=O) groups is 2. The summed E-state index contributed by atoms with van der Waals surface area (Å²) < 4.78 is 5.49. The summed E-state index contributed by atoms with van der Waals surface area (Å²) in [4.78, 5) is 27.2. The normalized spacial score (nSPS) is 13.9. The molecule has 112 valence electrons. The van der Waals surface area contributed by atoms with Crippen molar-refractivity contribution < 1.29 is 19.1 Å². The molecule has 0 spiro atoms. The van der Waals surface area contributed by atoms with E-state index in [4.69, 9.17) is 9.52 Å². The fourth-order valence-corrected chi connectivity index (χ4v) is 1.90. The molecule has 21 heavy (non-hydrogen) atoms. The first-order valence-corrected chi connectivity index (χ1v) is 6.85. The lowest BCUT2D eigenvalue weighted by molar-refractivity contribution is -0.145. The molecule has 1 aromatic carbocycles. The topological polar surface area (TPSA) is 92.4 Å². The lowest BCUT2D eigenvalue weighted by Gasteiger charge is -2.15. The van der Waals surface area contributed by atoms with Gasteiger partial charge in [0.25, 0.3) is 0 Å². The largest absolute Gasteiger partial charge is 0.481 e. The Morgan fingerprint density at radius 3 is 2.67 bits per heavy atom. The Morgan fingerprint density at radius 2 is 2.05 bits per heavy atom. The van der Waals surface area contributed by atoms with Crippen LogP contribution in [0.5, 0.6) is 0 Å². The minimum atomic E-state index is -0.989. The predicted molar refractivity (Wildman–Crippen MR) is 78.0 cm³/mol. The zero-order valence-electron chi connectivity index (χ0n) is 12.2. The van der Waals surface area contributed by atoms with Crippen molar-refractivity contribution in [3.8, 4) is 0 Å². The number of nitrogens with one attached hydrogen (secondary N) is 1. The Morgan fingerprint density at radius 1 is 1.33 bits per heavy atom. The van der Waals surface area contributed by atoms with Crippen molar-refractivity contribution >= 4 is 28.7 Å². The lowest BCUT2D eigenvalue weighted by atomic mass is 9.95. The molecule has 1 amide bonds. The molecule has 2 rings (SSSR count). The Balaban J connectivity index is 2.15. The Kier molecular flexibility index (Phi) is 4.26. The summed E-state index contributed by atoms with van der Waals surface area (Å²) in [6, 6.07) is 5.17. The van der Waals surface area contributed by atoms with Crippen molar-refractivity contribution in [1.29, 1.82) is 0 Å². The number of rotatable bonds is 5. The van der Waals surface area contributed by atoms with E-state index in [0.29, 0.717) is 29.1 Å². The molecule has 0 aliphatic rings. The summed E-state index contributed by atoms with van der Waals surface area (Å²) in [6.07, 6.45) is 0.698. The van der Waals surface area contributed by atoms with E-state index in [-0.39, 0.29) is 5.91 Å². The number of carboxylic acid groups (broad SMARTS) is 1. The smallest absolute Gasteiger partial charge is 0.307 e. The van der Waals surface area contributed by atoms with Crippen molar-refractivity contribution in [2.24, 2.45) is 11.8 Å². The van der Waals surface area contributed by atoms with E-state index in [2.05, 4.69) is 10.3 Å². The fourth-order valence-electron chi connectivity index (χ4n) is 1.90. The van der Waals surface area contributed by atoms with Crippen LogP contribution in [0.15, 0.2) is 22.6 Å². The Hall–Kier alpha value is -2.37. The van der Waals surface area contributed by atoms with Gasteiger partial charge in [0.05, 0.1) is 5.92 Å². The van der Waals surface area contributed by atoms with E-state index in [1.807, 2.05) is 6.92 Å². The van der Waals surface area contributed by atoms with E-state index in [0.717, 1.165) is 0 Å². The summed E-state index contributed by atoms with van der Waals surface area (Å²) in [6.45, 7) is 5.06. The van der Waals surface area contributed by atoms with Gasteiger partial charge in [-0.15, -0.1) is 0 Å². The maximum Gasteiger partial charge on any atom is 0.307 e. The third-order valence-corrected chi connectivity index (χ3v) is 3.55. The molecular weight excluding hydrogens is 272 g/mol. The van der Waals surface area contributed by atoms with Gasteiger partial charge in [0.2, 0.25) is 5.91 Å². The summed E-state index contributed by atoms with van der Waals surface area (Å²) in [5.74, 6) is -2.05. The van der Waals surface area contributed by atoms with Gasteiger partial charge in [-0.05, 0) is 18.2 Å². The van der Waals surface area contributed by atoms with Gasteiger partial charge in [-0.25, -0.2) is 4.98 Å². The summed E-state index contributed by atoms with van der Waals surface area (Å²) in [7, 11) is 0. The molecule has 0 aliphatic carbocycles. The van der Waals surface area contributed by atoms with Gasteiger partial charge in [-0.1, -0.05) is 20.8 Å². The van der Waals surface area contributed by atoms with Crippen molar-refractivity contribution in [2.75, 3.05) is 5.32 Å². The maximum absolute atomic E-state index is 12.0. The minimum Gasteiger partial charge on any atom is -0.481 e. The average molecular weight is 290 g/mol. The van der Waals surface area contributed by atoms with Crippen LogP contribution in [0.2, 0.25) is 0 Å². The van der Waals surface area contributed by atoms with Crippen LogP contribution in [0, 0.1) is 11.8 Å². The molecule has 2 aromatic rings. The van der Waals surface area contributed by atoms with Crippen molar-refractivity contribution in [3.63, 3.8) is 0 Å². The van der Waals surface area contributed by atoms with Crippen LogP contribution in [-0.4, -0.2) is 22.0 Å². The number of aliphatic carboxylic acids is 1. The number of nitrogens with zero attached hydrogens (tertiary/aromatic N) is 1. The summed E-state index contributed by atoms with van der Waals surface area (Å²) in [5, 5.41) is 11.6. The number of amides is 1. The second kappa shape index (κ2) is 5.95. The van der Waals surface area contributed by atoms with E-state index in [9.17, 15) is 9.59 Å². The molecule has 2 unspecified atom stereocenters. The highest BCUT2D eigenvalue weighted by atomic mass is 16.4. The van der Waals surface area contributed by atoms with Gasteiger partial charge >= 0.3 is 5.97 Å². The molecule has 0 radical (unpaired) electrons. The Bertz CT molecular complexity index is 677. The number of hydrogen-bond donors (Lipinski definition) is 2. The Labute approximate surface area is 122 Å². The molecular formula is C15H18N2O4. The molecule has 2 atom stereocenters. The van der Waals surface area contributed by atoms with Crippen LogP contribution in [0.4, 0.5) is 5.69 Å². The zero-order chi connectivity index (χ0) is 15.6. The van der Waals surface area contributed by atoms with Gasteiger partial charge in [0.15, 0.2) is 11.5 Å². The number of anilines is 1. The number of aromatic nitrogens is 1. The highest BCUT2D eigenvalue weighted by Gasteiger charge is 2.25. The monoisotopic (exact) mass is 290 g/mol. The van der Waals surface area contributed by atoms with Crippen molar-refractivity contribution in [1.82, 2.24) is 4.98 Å². The van der Waals surface area contributed by atoms with Gasteiger partial charge in [-0.2, -0.15) is 0 Å². The van der Waals surface area contributed by atoms with Gasteiger partial charge in [-0.3, -0.25) is 9.59 Å². The number of fused-ring (bicyclic) bond motifs is 1. The van der Waals surface area contributed by atoms with Gasteiger partial charge in [0.1, 0.15) is 5.52 Å². The van der Waals surface area contributed by atoms with E-state index in [1.54, 1.807) is 25.1 Å². The first-order valence-electron chi connectivity index (χ1n) is 6.85. The molecule has 0 fully saturated rings. The van der Waals surface area contributed by atoms with E-state index >= 15 is 0 Å². The molecule has 1 heterocycles. The summed E-state index contributed by atoms with van der Waals surface area (Å²) >= 11 is 0. The molecule has 1 aromatic heterocycles. The van der Waals surface area contributed by atoms with Crippen molar-refractivity contribution in [3.05, 3.63) is 24.1 Å². The second-order valence-corrected chi connectivity index (χ2v) is 5.05. The molecule has 6 heteroatoms. The van der Waals surface area contributed by atoms with Crippen LogP contribution in [0.1, 0.15) is 26.7 Å². The third-order valence-electron chi connectivity index (χ3n) is 3.55. The number of hydrogen-bond acceptors (Lipinski definition) is 4. The molecule has 6 nitrogen and oxygen atoms in total. The molecule has 2 N–H and O–H groups in total. The van der Waals surface area contributed by atoms with Crippen molar-refractivity contribution in [2.45, 2.75) is 27.2 Å². The van der Waals surface area contributed by atoms with Gasteiger partial charge < -0.3 is 14.8 Å². The number of carboxylic acids is 1. The highest BCUT2D eigenvalue weighted by Crippen LogP contribution is 2.21. The van der Waals surface area contributed by atoms with E-state index < -0.39 is 17.8 Å². The SMILES string of the molecule is CCc1nc2cc(NC(=O)C(C)C(C)C(=O)O)ccc2o1. The second-order valence-electron chi connectivity index (χ2n) is 5.05. The van der Waals surface area contributed by atoms with Crippen LogP contribution in [-0.2, 0) is 16.0 Å². The number of aryl methyl sites for hydroxylation is 1. The molecule has 0 saturated heterocycles. The number of benzene rings is 1. The first kappa shape index (κ1) is 15.0. The fraction of sp³-hybridized carbons (Fsp3) is 0.400. The summed E-state index contributed by atoms with van der Waals surface area (Å²) in [5.41, 5.74) is 1.91. The quantitative estimate of drug-likeness (QED) is 0.883. The lowest BCUT2D eigenvalue weighted by Crippen LogP contribution is -2.29. The number of oxazole rings is 1. The predicted octanol–water partition coefficient (Wildman–Crippen LogP) is 2.69. The molecule has 0 aliphatic heterocycles. The molecule has 0 saturated carbocycles. The van der Waals surface area contributed by atoms with Crippen LogP contribution in [0.3, 0.4) is 0 Å². The average Bonchev–Trinajstić information content (AvgIpc) is 2.87. The minimum absolute atomic E-state index is 0.330. The van der Waals surface area contributed by atoms with E-state index in [1.165, 1.54) is 6.92 Å².